The Morgan fingerprint density at radius 1 is 1.21 bits per heavy atom. The van der Waals surface area contributed by atoms with Crippen LogP contribution in [-0.4, -0.2) is 49.1 Å². The average molecular weight is 400 g/mol. The topological polar surface area (TPSA) is 64.2 Å². The lowest BCUT2D eigenvalue weighted by molar-refractivity contribution is -0.918. The highest BCUT2D eigenvalue weighted by atomic mass is 16.5. The predicted octanol–water partition coefficient (Wildman–Crippen LogP) is 1.77. The summed E-state index contributed by atoms with van der Waals surface area (Å²) in [4.78, 5) is 28.2. The molecule has 2 atom stereocenters. The molecule has 1 aromatic heterocycles. The smallest absolute Gasteiger partial charge is 0.364 e. The van der Waals surface area contributed by atoms with E-state index in [-0.39, 0.29) is 24.5 Å². The van der Waals surface area contributed by atoms with Crippen LogP contribution < -0.4 is 4.90 Å². The van der Waals surface area contributed by atoms with Crippen molar-refractivity contribution in [3.05, 3.63) is 59.5 Å². The van der Waals surface area contributed by atoms with E-state index in [4.69, 9.17) is 9.15 Å². The predicted molar refractivity (Wildman–Crippen MR) is 109 cm³/mol. The lowest BCUT2D eigenvalue weighted by atomic mass is 10.1. The van der Waals surface area contributed by atoms with Gasteiger partial charge in [0, 0.05) is 19.4 Å². The Labute approximate surface area is 172 Å². The van der Waals surface area contributed by atoms with Crippen LogP contribution in [0.15, 0.2) is 46.9 Å². The first-order valence-electron chi connectivity index (χ1n) is 10.3. The monoisotopic (exact) mass is 399 g/mol. The Kier molecular flexibility index (Phi) is 7.09. The molecule has 156 valence electrons. The SMILES string of the molecule is COC(=O)[C@H](C)[NH+](CC(=O)N(CCc1ccccc1)Cc1ccc(C)o1)C1CC1. The van der Waals surface area contributed by atoms with E-state index in [0.29, 0.717) is 19.1 Å². The molecule has 1 saturated carbocycles. The molecule has 6 nitrogen and oxygen atoms in total. The molecule has 1 unspecified atom stereocenters. The van der Waals surface area contributed by atoms with E-state index >= 15 is 0 Å². The van der Waals surface area contributed by atoms with Crippen molar-refractivity contribution < 1.29 is 23.6 Å². The number of furan rings is 1. The third-order valence-electron chi connectivity index (χ3n) is 5.58. The summed E-state index contributed by atoms with van der Waals surface area (Å²) in [5, 5.41) is 0. The fourth-order valence-corrected chi connectivity index (χ4v) is 3.68. The molecule has 1 aromatic carbocycles. The number of nitrogens with one attached hydrogen (secondary N) is 1. The molecule has 0 saturated heterocycles. The minimum Gasteiger partial charge on any atom is -0.465 e. The summed E-state index contributed by atoms with van der Waals surface area (Å²) >= 11 is 0. The van der Waals surface area contributed by atoms with Gasteiger partial charge in [0.05, 0.1) is 19.7 Å². The Balaban J connectivity index is 1.70. The van der Waals surface area contributed by atoms with Crippen LogP contribution in [0.4, 0.5) is 0 Å². The van der Waals surface area contributed by atoms with Crippen molar-refractivity contribution in [1.29, 1.82) is 0 Å². The Bertz CT molecular complexity index is 813. The molecule has 1 aliphatic carbocycles. The summed E-state index contributed by atoms with van der Waals surface area (Å²) in [6.07, 6.45) is 2.87. The van der Waals surface area contributed by atoms with Gasteiger partial charge < -0.3 is 19.0 Å². The number of carbonyl (C=O) groups excluding carboxylic acids is 2. The van der Waals surface area contributed by atoms with Gasteiger partial charge >= 0.3 is 5.97 Å². The molecule has 1 amide bonds. The van der Waals surface area contributed by atoms with Crippen LogP contribution in [0.5, 0.6) is 0 Å². The van der Waals surface area contributed by atoms with Gasteiger partial charge in [0.1, 0.15) is 11.5 Å². The molecule has 1 aliphatic rings. The summed E-state index contributed by atoms with van der Waals surface area (Å²) in [5.41, 5.74) is 1.19. The fraction of sp³-hybridized carbons (Fsp3) is 0.478. The second-order valence-corrected chi connectivity index (χ2v) is 7.83. The van der Waals surface area contributed by atoms with E-state index in [1.54, 1.807) is 0 Å². The van der Waals surface area contributed by atoms with Gasteiger partial charge in [-0.2, -0.15) is 0 Å². The maximum atomic E-state index is 13.2. The quantitative estimate of drug-likeness (QED) is 0.619. The minimum atomic E-state index is -0.349. The first-order chi connectivity index (χ1) is 14.0. The summed E-state index contributed by atoms with van der Waals surface area (Å²) in [6, 6.07) is 14.0. The van der Waals surface area contributed by atoms with Gasteiger partial charge in [-0.25, -0.2) is 4.79 Å². The number of carbonyl (C=O) groups is 2. The van der Waals surface area contributed by atoms with Crippen molar-refractivity contribution in [3.8, 4) is 0 Å². The number of esters is 1. The van der Waals surface area contributed by atoms with Gasteiger partial charge in [-0.1, -0.05) is 30.3 Å². The van der Waals surface area contributed by atoms with E-state index in [1.807, 2.05) is 49.1 Å². The zero-order valence-corrected chi connectivity index (χ0v) is 17.5. The van der Waals surface area contributed by atoms with E-state index in [9.17, 15) is 9.59 Å². The third-order valence-corrected chi connectivity index (χ3v) is 5.58. The van der Waals surface area contributed by atoms with Crippen LogP contribution in [-0.2, 0) is 27.3 Å². The normalized spacial score (nSPS) is 15.6. The summed E-state index contributed by atoms with van der Waals surface area (Å²) < 4.78 is 10.6. The summed E-state index contributed by atoms with van der Waals surface area (Å²) in [5.74, 6) is 1.38. The van der Waals surface area contributed by atoms with Crippen LogP contribution in [0, 0.1) is 6.92 Å². The number of nitrogens with zero attached hydrogens (tertiary/aromatic N) is 1. The number of amides is 1. The molecule has 2 aromatic rings. The number of hydrogen-bond acceptors (Lipinski definition) is 4. The van der Waals surface area contributed by atoms with Crippen molar-refractivity contribution >= 4 is 11.9 Å². The average Bonchev–Trinajstić information content (AvgIpc) is 3.50. The van der Waals surface area contributed by atoms with Crippen molar-refractivity contribution in [3.63, 3.8) is 0 Å². The molecule has 0 aliphatic heterocycles. The zero-order valence-electron chi connectivity index (χ0n) is 17.5. The molecule has 1 N–H and O–H groups in total. The molecule has 6 heteroatoms. The van der Waals surface area contributed by atoms with Crippen molar-refractivity contribution in [2.45, 2.75) is 51.7 Å². The number of aryl methyl sites for hydroxylation is 1. The van der Waals surface area contributed by atoms with Gasteiger partial charge in [0.2, 0.25) is 0 Å². The third kappa shape index (κ3) is 5.94. The highest BCUT2D eigenvalue weighted by molar-refractivity contribution is 5.78. The maximum Gasteiger partial charge on any atom is 0.364 e. The zero-order chi connectivity index (χ0) is 20.8. The van der Waals surface area contributed by atoms with Crippen LogP contribution in [0.25, 0.3) is 0 Å². The van der Waals surface area contributed by atoms with Crippen molar-refractivity contribution in [2.75, 3.05) is 20.2 Å². The summed E-state index contributed by atoms with van der Waals surface area (Å²) in [6.45, 7) is 5.07. The molecule has 0 radical (unpaired) electrons. The number of hydrogen-bond donors (Lipinski definition) is 1. The lowest BCUT2D eigenvalue weighted by Crippen LogP contribution is -3.18. The van der Waals surface area contributed by atoms with Crippen molar-refractivity contribution in [1.82, 2.24) is 4.90 Å². The number of benzene rings is 1. The largest absolute Gasteiger partial charge is 0.465 e. The van der Waals surface area contributed by atoms with Gasteiger partial charge in [0.15, 0.2) is 12.6 Å². The van der Waals surface area contributed by atoms with Crippen molar-refractivity contribution in [2.24, 2.45) is 0 Å². The molecule has 0 spiro atoms. The Morgan fingerprint density at radius 2 is 1.93 bits per heavy atom. The lowest BCUT2D eigenvalue weighted by Gasteiger charge is -2.27. The first kappa shape index (κ1) is 21.1. The second kappa shape index (κ2) is 9.74. The Hall–Kier alpha value is -2.60. The number of quaternary nitrogens is 1. The molecule has 3 rings (SSSR count). The van der Waals surface area contributed by atoms with Crippen LogP contribution in [0.3, 0.4) is 0 Å². The van der Waals surface area contributed by atoms with E-state index in [2.05, 4.69) is 12.1 Å². The van der Waals surface area contributed by atoms with Gasteiger partial charge in [-0.3, -0.25) is 4.79 Å². The molecular weight excluding hydrogens is 368 g/mol. The highest BCUT2D eigenvalue weighted by Gasteiger charge is 2.41. The number of rotatable bonds is 10. The standard InChI is InChI=1S/C23H30N2O4/c1-17-9-12-21(29-17)15-24(14-13-19-7-5-4-6-8-19)22(26)16-25(20-10-11-20)18(2)23(27)28-3/h4-9,12,18,20H,10-11,13-16H2,1-3H3/p+1/t18-/m0/s1. The Morgan fingerprint density at radius 3 is 2.52 bits per heavy atom. The molecule has 0 bridgehead atoms. The first-order valence-corrected chi connectivity index (χ1v) is 10.3. The molecule has 1 heterocycles. The van der Waals surface area contributed by atoms with Crippen LogP contribution in [0.1, 0.15) is 36.8 Å². The van der Waals surface area contributed by atoms with Crippen LogP contribution in [0.2, 0.25) is 0 Å². The highest BCUT2D eigenvalue weighted by Crippen LogP contribution is 2.16. The fourth-order valence-electron chi connectivity index (χ4n) is 3.68. The van der Waals surface area contributed by atoms with Gasteiger partial charge in [0.25, 0.3) is 5.91 Å². The van der Waals surface area contributed by atoms with Gasteiger partial charge in [-0.15, -0.1) is 0 Å². The number of methoxy groups -OCH3 is 1. The summed E-state index contributed by atoms with van der Waals surface area (Å²) in [7, 11) is 1.40. The number of ether oxygens (including phenoxy) is 1. The van der Waals surface area contributed by atoms with E-state index in [0.717, 1.165) is 35.7 Å². The maximum absolute atomic E-state index is 13.2. The molecule has 1 fully saturated rings. The molecule has 29 heavy (non-hydrogen) atoms. The second-order valence-electron chi connectivity index (χ2n) is 7.83. The minimum absolute atomic E-state index is 0.0348. The van der Waals surface area contributed by atoms with Gasteiger partial charge in [-0.05, 0) is 38.0 Å². The van der Waals surface area contributed by atoms with Crippen LogP contribution >= 0.6 is 0 Å². The molecular formula is C23H31N2O4+. The van der Waals surface area contributed by atoms with E-state index in [1.165, 1.54) is 12.7 Å². The van der Waals surface area contributed by atoms with E-state index < -0.39 is 0 Å².